The van der Waals surface area contributed by atoms with Crippen molar-refractivity contribution in [3.05, 3.63) is 63.4 Å². The number of halogens is 1. The molecule has 0 aliphatic carbocycles. The summed E-state index contributed by atoms with van der Waals surface area (Å²) in [6.07, 6.45) is 0. The van der Waals surface area contributed by atoms with Gasteiger partial charge in [0.2, 0.25) is 0 Å². The van der Waals surface area contributed by atoms with E-state index in [4.69, 9.17) is 16.0 Å². The molecule has 0 unspecified atom stereocenters. The number of hydrogen-bond donors (Lipinski definition) is 1. The molecule has 4 heteroatoms. The van der Waals surface area contributed by atoms with E-state index in [-0.39, 0.29) is 5.91 Å². The van der Waals surface area contributed by atoms with Crippen LogP contribution in [0, 0.1) is 27.7 Å². The molecular weight excluding hydrogens is 310 g/mol. The minimum Gasteiger partial charge on any atom is -0.449 e. The van der Waals surface area contributed by atoms with Crippen LogP contribution in [0.4, 0.5) is 5.69 Å². The third-order valence-corrected chi connectivity index (χ3v) is 4.34. The highest BCUT2D eigenvalue weighted by atomic mass is 35.5. The van der Waals surface area contributed by atoms with Crippen LogP contribution in [0.5, 0.6) is 0 Å². The van der Waals surface area contributed by atoms with Gasteiger partial charge in [-0.05, 0) is 44.9 Å². The molecule has 0 fully saturated rings. The summed E-state index contributed by atoms with van der Waals surface area (Å²) in [5.41, 5.74) is 5.40. The number of benzene rings is 2. The van der Waals surface area contributed by atoms with E-state index in [9.17, 15) is 4.79 Å². The molecular formula is C19H18ClNO2. The van der Waals surface area contributed by atoms with E-state index in [0.717, 1.165) is 27.8 Å². The molecule has 2 aromatic carbocycles. The molecule has 0 saturated carbocycles. The lowest BCUT2D eigenvalue weighted by Gasteiger charge is -2.12. The molecule has 1 heterocycles. The zero-order valence-corrected chi connectivity index (χ0v) is 14.3. The number of nitrogens with one attached hydrogen (secondary N) is 1. The van der Waals surface area contributed by atoms with Gasteiger partial charge in [0, 0.05) is 16.6 Å². The molecule has 0 bridgehead atoms. The summed E-state index contributed by atoms with van der Waals surface area (Å²) >= 11 is 6.15. The maximum absolute atomic E-state index is 12.7. The third kappa shape index (κ3) is 2.73. The first-order valence-electron chi connectivity index (χ1n) is 7.45. The smallest absolute Gasteiger partial charge is 0.291 e. The fourth-order valence-corrected chi connectivity index (χ4v) is 3.19. The predicted octanol–water partition coefficient (Wildman–Crippen LogP) is 5.57. The first-order valence-corrected chi connectivity index (χ1v) is 7.83. The summed E-state index contributed by atoms with van der Waals surface area (Å²) in [6, 6.07) is 9.60. The molecule has 1 amide bonds. The number of rotatable bonds is 2. The lowest BCUT2D eigenvalue weighted by atomic mass is 10.0. The van der Waals surface area contributed by atoms with E-state index in [0.29, 0.717) is 16.4 Å². The molecule has 0 atom stereocenters. The largest absolute Gasteiger partial charge is 0.449 e. The fourth-order valence-electron chi connectivity index (χ4n) is 2.97. The van der Waals surface area contributed by atoms with Crippen molar-refractivity contribution in [1.82, 2.24) is 0 Å². The van der Waals surface area contributed by atoms with Crippen LogP contribution in [0.2, 0.25) is 5.02 Å². The lowest BCUT2D eigenvalue weighted by Crippen LogP contribution is -2.14. The Kier molecular flexibility index (Phi) is 3.90. The van der Waals surface area contributed by atoms with Gasteiger partial charge in [-0.3, -0.25) is 4.79 Å². The van der Waals surface area contributed by atoms with Crippen LogP contribution in [0.1, 0.15) is 32.8 Å². The van der Waals surface area contributed by atoms with Crippen molar-refractivity contribution in [1.29, 1.82) is 0 Å². The SMILES string of the molecule is Cc1cc(C)c(NC(=O)c2oc3c(Cl)cccc3c2C)c(C)c1. The van der Waals surface area contributed by atoms with Gasteiger partial charge < -0.3 is 9.73 Å². The van der Waals surface area contributed by atoms with Crippen molar-refractivity contribution >= 4 is 34.2 Å². The first kappa shape index (κ1) is 15.6. The second-order valence-electron chi connectivity index (χ2n) is 5.90. The number of aryl methyl sites for hydroxylation is 4. The minimum atomic E-state index is -0.259. The maximum atomic E-state index is 12.7. The normalized spacial score (nSPS) is 11.0. The van der Waals surface area contributed by atoms with Gasteiger partial charge in [0.25, 0.3) is 5.91 Å². The number of carbonyl (C=O) groups excluding carboxylic acids is 1. The fraction of sp³-hybridized carbons (Fsp3) is 0.211. The molecule has 23 heavy (non-hydrogen) atoms. The van der Waals surface area contributed by atoms with Crippen molar-refractivity contribution in [2.24, 2.45) is 0 Å². The summed E-state index contributed by atoms with van der Waals surface area (Å²) in [5.74, 6) is 0.0392. The Balaban J connectivity index is 2.02. The number of fused-ring (bicyclic) bond motifs is 1. The van der Waals surface area contributed by atoms with E-state index >= 15 is 0 Å². The molecule has 3 rings (SSSR count). The Morgan fingerprint density at radius 2 is 1.74 bits per heavy atom. The Morgan fingerprint density at radius 1 is 1.09 bits per heavy atom. The molecule has 1 aromatic heterocycles. The monoisotopic (exact) mass is 327 g/mol. The Hall–Kier alpha value is -2.26. The quantitative estimate of drug-likeness (QED) is 0.668. The van der Waals surface area contributed by atoms with E-state index in [1.54, 1.807) is 6.07 Å². The van der Waals surface area contributed by atoms with Gasteiger partial charge in [-0.2, -0.15) is 0 Å². The number of hydrogen-bond acceptors (Lipinski definition) is 2. The summed E-state index contributed by atoms with van der Waals surface area (Å²) < 4.78 is 5.72. The van der Waals surface area contributed by atoms with Crippen LogP contribution >= 0.6 is 11.6 Å². The molecule has 0 spiro atoms. The Morgan fingerprint density at radius 3 is 2.35 bits per heavy atom. The van der Waals surface area contributed by atoms with Gasteiger partial charge in [0.1, 0.15) is 0 Å². The van der Waals surface area contributed by atoms with Crippen LogP contribution in [0.15, 0.2) is 34.7 Å². The highest BCUT2D eigenvalue weighted by Crippen LogP contribution is 2.31. The maximum Gasteiger partial charge on any atom is 0.291 e. The number of anilines is 1. The second kappa shape index (κ2) is 5.74. The zero-order valence-electron chi connectivity index (χ0n) is 13.6. The van der Waals surface area contributed by atoms with Crippen molar-refractivity contribution in [2.45, 2.75) is 27.7 Å². The predicted molar refractivity (Wildman–Crippen MR) is 94.6 cm³/mol. The summed E-state index contributed by atoms with van der Waals surface area (Å²) in [7, 11) is 0. The highest BCUT2D eigenvalue weighted by molar-refractivity contribution is 6.35. The van der Waals surface area contributed by atoms with Crippen LogP contribution in [0.25, 0.3) is 11.0 Å². The first-order chi connectivity index (χ1) is 10.9. The van der Waals surface area contributed by atoms with Gasteiger partial charge >= 0.3 is 0 Å². The standard InChI is InChI=1S/C19H18ClNO2/c1-10-8-11(2)16(12(3)9-10)21-19(22)17-13(4)14-6-5-7-15(20)18(14)23-17/h5-9H,1-4H3,(H,21,22). The van der Waals surface area contributed by atoms with E-state index in [2.05, 4.69) is 5.32 Å². The van der Waals surface area contributed by atoms with Crippen LogP contribution in [0.3, 0.4) is 0 Å². The van der Waals surface area contributed by atoms with E-state index in [1.165, 1.54) is 5.56 Å². The average Bonchev–Trinajstić information content (AvgIpc) is 2.82. The Labute approximate surface area is 140 Å². The van der Waals surface area contributed by atoms with Gasteiger partial charge in [-0.25, -0.2) is 0 Å². The average molecular weight is 328 g/mol. The molecule has 0 saturated heterocycles. The summed E-state index contributed by atoms with van der Waals surface area (Å²) in [5, 5.41) is 4.34. The highest BCUT2D eigenvalue weighted by Gasteiger charge is 2.20. The van der Waals surface area contributed by atoms with Gasteiger partial charge in [0.05, 0.1) is 5.02 Å². The van der Waals surface area contributed by atoms with Gasteiger partial charge in [-0.1, -0.05) is 41.4 Å². The molecule has 0 aliphatic heterocycles. The molecule has 118 valence electrons. The van der Waals surface area contributed by atoms with Crippen molar-refractivity contribution < 1.29 is 9.21 Å². The molecule has 1 N–H and O–H groups in total. The second-order valence-corrected chi connectivity index (χ2v) is 6.31. The van der Waals surface area contributed by atoms with Crippen LogP contribution in [-0.2, 0) is 0 Å². The van der Waals surface area contributed by atoms with Gasteiger partial charge in [-0.15, -0.1) is 0 Å². The van der Waals surface area contributed by atoms with E-state index in [1.807, 2.05) is 52.0 Å². The molecule has 0 radical (unpaired) electrons. The van der Waals surface area contributed by atoms with Gasteiger partial charge in [0.15, 0.2) is 11.3 Å². The van der Waals surface area contributed by atoms with Crippen molar-refractivity contribution in [3.63, 3.8) is 0 Å². The molecule has 3 aromatic rings. The van der Waals surface area contributed by atoms with Crippen LogP contribution < -0.4 is 5.32 Å². The summed E-state index contributed by atoms with van der Waals surface area (Å²) in [4.78, 5) is 12.7. The van der Waals surface area contributed by atoms with Crippen LogP contribution in [-0.4, -0.2) is 5.91 Å². The topological polar surface area (TPSA) is 42.2 Å². The zero-order chi connectivity index (χ0) is 16.7. The van der Waals surface area contributed by atoms with Crippen molar-refractivity contribution in [3.8, 4) is 0 Å². The number of carbonyl (C=O) groups is 1. The number of furan rings is 1. The molecule has 3 nitrogen and oxygen atoms in total. The van der Waals surface area contributed by atoms with E-state index < -0.39 is 0 Å². The number of para-hydroxylation sites is 1. The lowest BCUT2D eigenvalue weighted by molar-refractivity contribution is 0.0997. The minimum absolute atomic E-state index is 0.259. The molecule has 0 aliphatic rings. The number of amides is 1. The summed E-state index contributed by atoms with van der Waals surface area (Å²) in [6.45, 7) is 7.87. The third-order valence-electron chi connectivity index (χ3n) is 4.04. The van der Waals surface area contributed by atoms with Crippen molar-refractivity contribution in [2.75, 3.05) is 5.32 Å². The Bertz CT molecular complexity index is 902.